The molecule has 1 aromatic rings. The molecule has 0 unspecified atom stereocenters. The van der Waals surface area contributed by atoms with Gasteiger partial charge in [-0.2, -0.15) is 0 Å². The minimum atomic E-state index is 0.00778. The number of rotatable bonds is 4. The summed E-state index contributed by atoms with van der Waals surface area (Å²) >= 11 is 1.66. The zero-order valence-corrected chi connectivity index (χ0v) is 9.38. The van der Waals surface area contributed by atoms with E-state index in [9.17, 15) is 4.79 Å². The van der Waals surface area contributed by atoms with Crippen LogP contribution in [0.1, 0.15) is 18.7 Å². The average Bonchev–Trinajstić information content (AvgIpc) is 2.65. The molecule has 0 aliphatic rings. The second-order valence-electron chi connectivity index (χ2n) is 3.40. The molecular weight excluding hydrogens is 196 g/mol. The Morgan fingerprint density at radius 2 is 2.36 bits per heavy atom. The predicted molar refractivity (Wildman–Crippen MR) is 59.1 cm³/mol. The number of hydrogen-bond donors (Lipinski definition) is 1. The van der Waals surface area contributed by atoms with Crippen molar-refractivity contribution in [2.45, 2.75) is 26.4 Å². The summed E-state index contributed by atoms with van der Waals surface area (Å²) in [6.45, 7) is 4.76. The van der Waals surface area contributed by atoms with Crippen LogP contribution in [0.5, 0.6) is 0 Å². The maximum atomic E-state index is 11.5. The van der Waals surface area contributed by atoms with Crippen LogP contribution in [-0.2, 0) is 11.3 Å². The van der Waals surface area contributed by atoms with E-state index in [1.54, 1.807) is 16.2 Å². The van der Waals surface area contributed by atoms with Crippen LogP contribution in [0.3, 0.4) is 0 Å². The fourth-order valence-corrected chi connectivity index (χ4v) is 1.95. The monoisotopic (exact) mass is 212 g/mol. The first kappa shape index (κ1) is 11.2. The van der Waals surface area contributed by atoms with Crippen molar-refractivity contribution in [1.82, 2.24) is 4.90 Å². The van der Waals surface area contributed by atoms with Gasteiger partial charge < -0.3 is 10.6 Å². The summed E-state index contributed by atoms with van der Waals surface area (Å²) in [7, 11) is 0. The van der Waals surface area contributed by atoms with Crippen molar-refractivity contribution in [2.75, 3.05) is 6.54 Å². The molecule has 1 aromatic heterocycles. The molecule has 0 aliphatic carbocycles. The first-order chi connectivity index (χ1) is 6.65. The Morgan fingerprint density at radius 1 is 1.64 bits per heavy atom. The van der Waals surface area contributed by atoms with Crippen LogP contribution in [-0.4, -0.2) is 23.4 Å². The third-order valence-corrected chi connectivity index (χ3v) is 2.89. The fraction of sp³-hybridized carbons (Fsp3) is 0.500. The highest BCUT2D eigenvalue weighted by Crippen LogP contribution is 2.13. The van der Waals surface area contributed by atoms with Gasteiger partial charge >= 0.3 is 0 Å². The van der Waals surface area contributed by atoms with E-state index in [4.69, 9.17) is 5.73 Å². The minimum absolute atomic E-state index is 0.00778. The third kappa shape index (κ3) is 2.82. The van der Waals surface area contributed by atoms with Gasteiger partial charge in [0.05, 0.1) is 13.1 Å². The molecule has 0 aromatic carbocycles. The van der Waals surface area contributed by atoms with E-state index in [1.807, 2.05) is 31.4 Å². The van der Waals surface area contributed by atoms with Crippen molar-refractivity contribution in [1.29, 1.82) is 0 Å². The number of nitrogens with zero attached hydrogens (tertiary/aromatic N) is 1. The van der Waals surface area contributed by atoms with Gasteiger partial charge in [0.2, 0.25) is 5.91 Å². The molecule has 0 saturated carbocycles. The van der Waals surface area contributed by atoms with Crippen molar-refractivity contribution < 1.29 is 4.79 Å². The summed E-state index contributed by atoms with van der Waals surface area (Å²) in [4.78, 5) is 14.5. The lowest BCUT2D eigenvalue weighted by Gasteiger charge is -2.25. The Bertz CT molecular complexity index is 282. The van der Waals surface area contributed by atoms with Gasteiger partial charge in [0, 0.05) is 10.9 Å². The lowest BCUT2D eigenvalue weighted by atomic mass is 10.3. The molecule has 0 fully saturated rings. The van der Waals surface area contributed by atoms with Gasteiger partial charge in [-0.3, -0.25) is 4.79 Å². The Hall–Kier alpha value is -0.870. The topological polar surface area (TPSA) is 46.3 Å². The van der Waals surface area contributed by atoms with Crippen LogP contribution >= 0.6 is 11.3 Å². The Labute approximate surface area is 88.5 Å². The molecule has 4 heteroatoms. The summed E-state index contributed by atoms with van der Waals surface area (Å²) in [5.41, 5.74) is 5.35. The lowest BCUT2D eigenvalue weighted by Crippen LogP contribution is -2.40. The highest BCUT2D eigenvalue weighted by atomic mass is 32.1. The van der Waals surface area contributed by atoms with E-state index in [0.29, 0.717) is 6.54 Å². The molecule has 2 N–H and O–H groups in total. The van der Waals surface area contributed by atoms with E-state index < -0.39 is 0 Å². The van der Waals surface area contributed by atoms with Crippen molar-refractivity contribution in [2.24, 2.45) is 5.73 Å². The van der Waals surface area contributed by atoms with Crippen molar-refractivity contribution in [3.63, 3.8) is 0 Å². The summed E-state index contributed by atoms with van der Waals surface area (Å²) in [5, 5.41) is 2.01. The highest BCUT2D eigenvalue weighted by Gasteiger charge is 2.15. The average molecular weight is 212 g/mol. The van der Waals surface area contributed by atoms with Crippen LogP contribution in [0, 0.1) is 0 Å². The minimum Gasteiger partial charge on any atom is -0.334 e. The van der Waals surface area contributed by atoms with E-state index in [0.717, 1.165) is 0 Å². The number of carbonyl (C=O) groups excluding carboxylic acids is 1. The van der Waals surface area contributed by atoms with Crippen LogP contribution in [0.25, 0.3) is 0 Å². The van der Waals surface area contributed by atoms with Crippen LogP contribution < -0.4 is 5.73 Å². The van der Waals surface area contributed by atoms with Gasteiger partial charge in [-0.15, -0.1) is 11.3 Å². The largest absolute Gasteiger partial charge is 0.334 e. The standard InChI is InChI=1S/C10H16N2OS/c1-8(2)12(10(13)6-11)7-9-4-3-5-14-9/h3-5,8H,6-7,11H2,1-2H3. The Morgan fingerprint density at radius 3 is 2.79 bits per heavy atom. The van der Waals surface area contributed by atoms with Gasteiger partial charge in [0.1, 0.15) is 0 Å². The summed E-state index contributed by atoms with van der Waals surface area (Å²) in [6, 6.07) is 4.23. The Balaban J connectivity index is 2.65. The first-order valence-electron chi connectivity index (χ1n) is 4.67. The van der Waals surface area contributed by atoms with Gasteiger partial charge in [0.15, 0.2) is 0 Å². The number of hydrogen-bond acceptors (Lipinski definition) is 3. The molecule has 0 spiro atoms. The second kappa shape index (κ2) is 5.12. The molecule has 0 aliphatic heterocycles. The van der Waals surface area contributed by atoms with Crippen LogP contribution in [0.2, 0.25) is 0 Å². The van der Waals surface area contributed by atoms with Crippen molar-refractivity contribution in [3.05, 3.63) is 22.4 Å². The normalized spacial score (nSPS) is 10.6. The van der Waals surface area contributed by atoms with E-state index in [1.165, 1.54) is 4.88 Å². The maximum absolute atomic E-state index is 11.5. The fourth-order valence-electron chi connectivity index (χ4n) is 1.25. The molecule has 0 atom stereocenters. The Kier molecular flexibility index (Phi) is 4.10. The number of nitrogens with two attached hydrogens (primary N) is 1. The summed E-state index contributed by atoms with van der Waals surface area (Å²) in [6.07, 6.45) is 0. The van der Waals surface area contributed by atoms with E-state index in [2.05, 4.69) is 0 Å². The first-order valence-corrected chi connectivity index (χ1v) is 5.55. The van der Waals surface area contributed by atoms with Gasteiger partial charge in [0.25, 0.3) is 0 Å². The molecule has 14 heavy (non-hydrogen) atoms. The quantitative estimate of drug-likeness (QED) is 0.821. The molecule has 3 nitrogen and oxygen atoms in total. The molecule has 0 bridgehead atoms. The molecule has 0 radical (unpaired) electrons. The van der Waals surface area contributed by atoms with E-state index in [-0.39, 0.29) is 18.5 Å². The summed E-state index contributed by atoms with van der Waals surface area (Å²) in [5.74, 6) is 0.00778. The zero-order chi connectivity index (χ0) is 10.6. The third-order valence-electron chi connectivity index (χ3n) is 2.02. The number of thiophene rings is 1. The van der Waals surface area contributed by atoms with Crippen LogP contribution in [0.15, 0.2) is 17.5 Å². The van der Waals surface area contributed by atoms with Crippen molar-refractivity contribution >= 4 is 17.2 Å². The van der Waals surface area contributed by atoms with Gasteiger partial charge in [-0.05, 0) is 25.3 Å². The molecule has 1 heterocycles. The van der Waals surface area contributed by atoms with Gasteiger partial charge in [-0.1, -0.05) is 6.07 Å². The highest BCUT2D eigenvalue weighted by molar-refractivity contribution is 7.09. The number of carbonyl (C=O) groups is 1. The van der Waals surface area contributed by atoms with Crippen LogP contribution in [0.4, 0.5) is 0 Å². The maximum Gasteiger partial charge on any atom is 0.236 e. The second-order valence-corrected chi connectivity index (χ2v) is 4.43. The summed E-state index contributed by atoms with van der Waals surface area (Å²) < 4.78 is 0. The smallest absolute Gasteiger partial charge is 0.236 e. The molecule has 1 amide bonds. The van der Waals surface area contributed by atoms with E-state index >= 15 is 0 Å². The van der Waals surface area contributed by atoms with Gasteiger partial charge in [-0.25, -0.2) is 0 Å². The number of amides is 1. The predicted octanol–water partition coefficient (Wildman–Crippen LogP) is 1.44. The molecule has 0 saturated heterocycles. The van der Waals surface area contributed by atoms with Crippen molar-refractivity contribution in [3.8, 4) is 0 Å². The lowest BCUT2D eigenvalue weighted by molar-refractivity contribution is -0.131. The molecule has 1 rings (SSSR count). The zero-order valence-electron chi connectivity index (χ0n) is 8.56. The molecular formula is C10H16N2OS. The SMILES string of the molecule is CC(C)N(Cc1cccs1)C(=O)CN. The molecule has 78 valence electrons.